The Bertz CT molecular complexity index is 937. The number of rotatable bonds is 9. The first-order valence-corrected chi connectivity index (χ1v) is 25.0. The number of hydrogen-bond donors (Lipinski definition) is 18. The molecule has 0 heterocycles. The highest BCUT2D eigenvalue weighted by atomic mass is 31.3. The molecular formula is C10H38N2O24P8. The average molecular weight is 818 g/mol. The summed E-state index contributed by atoms with van der Waals surface area (Å²) in [5.41, 5.74) is 2.80. The largest absolute Gasteiger partial charge is 0.337 e. The van der Waals surface area contributed by atoms with Crippen molar-refractivity contribution >= 4 is 60.8 Å². The molecule has 1 rings (SSSR count). The molecule has 272 valence electrons. The van der Waals surface area contributed by atoms with Crippen molar-refractivity contribution in [2.75, 3.05) is 23.6 Å². The van der Waals surface area contributed by atoms with Crippen molar-refractivity contribution in [3.05, 3.63) is 0 Å². The molecule has 34 heteroatoms. The van der Waals surface area contributed by atoms with Crippen LogP contribution < -0.4 is 11.3 Å². The maximum atomic E-state index is 9.85. The fourth-order valence-corrected chi connectivity index (χ4v) is 9.91. The van der Waals surface area contributed by atoms with E-state index in [1.54, 1.807) is 0 Å². The fraction of sp³-hybridized carbons (Fsp3) is 1.00. The van der Waals surface area contributed by atoms with E-state index < -0.39 is 84.4 Å². The smallest absolute Gasteiger partial charge is 0.324 e. The normalized spacial score (nSPS) is 15.6. The van der Waals surface area contributed by atoms with E-state index in [0.29, 0.717) is 6.04 Å². The van der Waals surface area contributed by atoms with Crippen molar-refractivity contribution < 1.29 is 115 Å². The van der Waals surface area contributed by atoms with Crippen LogP contribution in [0.25, 0.3) is 0 Å². The van der Waals surface area contributed by atoms with E-state index in [1.807, 2.05) is 0 Å². The summed E-state index contributed by atoms with van der Waals surface area (Å²) in [5, 5.41) is 0. The minimum Gasteiger partial charge on any atom is -0.324 e. The van der Waals surface area contributed by atoms with Crippen LogP contribution in [0.3, 0.4) is 0 Å². The van der Waals surface area contributed by atoms with Gasteiger partial charge in [-0.1, -0.05) is 19.3 Å². The number of hydrazine groups is 1. The number of hydrogen-bond acceptors (Lipinski definition) is 10. The zero-order chi connectivity index (χ0) is 36.6. The second kappa shape index (κ2) is 21.3. The molecule has 1 aliphatic rings. The van der Waals surface area contributed by atoms with Crippen LogP contribution in [0, 0.1) is 0 Å². The zero-order valence-corrected chi connectivity index (χ0v) is 29.2. The highest BCUT2D eigenvalue weighted by Crippen LogP contribution is 2.53. The van der Waals surface area contributed by atoms with Crippen molar-refractivity contribution in [2.24, 2.45) is 5.84 Å². The van der Waals surface area contributed by atoms with Crippen LogP contribution in [0.1, 0.15) is 32.1 Å². The Morgan fingerprint density at radius 3 is 0.614 bits per heavy atom. The lowest BCUT2D eigenvalue weighted by Crippen LogP contribution is -2.36. The molecule has 19 N–H and O–H groups in total. The summed E-state index contributed by atoms with van der Waals surface area (Å²) in [6.07, 6.45) is 6.66. The Labute approximate surface area is 248 Å². The third kappa shape index (κ3) is 62.0. The van der Waals surface area contributed by atoms with Gasteiger partial charge in [0, 0.05) is 6.04 Å². The lowest BCUT2D eigenvalue weighted by molar-refractivity contribution is 0.352. The lowest BCUT2D eigenvalue weighted by Gasteiger charge is -2.19. The first-order valence-electron chi connectivity index (χ1n) is 10.6. The molecule has 0 aromatic carbocycles. The van der Waals surface area contributed by atoms with Crippen molar-refractivity contribution in [1.29, 1.82) is 0 Å². The number of nitrogens with two attached hydrogens (primary N) is 1. The van der Waals surface area contributed by atoms with Gasteiger partial charge in [0.15, 0.2) is 23.6 Å². The van der Waals surface area contributed by atoms with Gasteiger partial charge in [-0.2, -0.15) is 0 Å². The van der Waals surface area contributed by atoms with Crippen LogP contribution in [0.15, 0.2) is 0 Å². The highest BCUT2D eigenvalue weighted by Gasteiger charge is 2.28. The summed E-state index contributed by atoms with van der Waals surface area (Å²) in [4.78, 5) is 128. The van der Waals surface area contributed by atoms with E-state index in [2.05, 4.69) is 5.43 Å². The van der Waals surface area contributed by atoms with Gasteiger partial charge in [0.25, 0.3) is 0 Å². The Hall–Kier alpha value is 1.12. The molecule has 0 aliphatic heterocycles. The molecule has 0 spiro atoms. The molecule has 0 saturated heterocycles. The molecule has 1 aliphatic carbocycles. The van der Waals surface area contributed by atoms with Crippen molar-refractivity contribution in [3.8, 4) is 0 Å². The summed E-state index contributed by atoms with van der Waals surface area (Å²) in [5.74, 6) is -0.247. The van der Waals surface area contributed by atoms with Gasteiger partial charge in [0.1, 0.15) is 0 Å². The average Bonchev–Trinajstić information content (AvgIpc) is 2.58. The maximum absolute atomic E-state index is 9.85. The van der Waals surface area contributed by atoms with E-state index in [0.717, 1.165) is 0 Å². The summed E-state index contributed by atoms with van der Waals surface area (Å²) in [7, 11) is -36.4. The van der Waals surface area contributed by atoms with E-state index in [9.17, 15) is 36.5 Å². The summed E-state index contributed by atoms with van der Waals surface area (Å²) in [6, 6.07) is 0.615. The minimum absolute atomic E-state index is 0.615. The first-order chi connectivity index (χ1) is 18.8. The third-order valence-corrected chi connectivity index (χ3v) is 15.1. The summed E-state index contributed by atoms with van der Waals surface area (Å²) < 4.78 is 78.8. The molecule has 0 amide bonds. The van der Waals surface area contributed by atoms with Gasteiger partial charge in [0.05, 0.1) is 0 Å². The predicted molar refractivity (Wildman–Crippen MR) is 150 cm³/mol. The molecule has 0 radical (unpaired) electrons. The topological polar surface area (TPSA) is 498 Å². The zero-order valence-electron chi connectivity index (χ0n) is 22.0. The van der Waals surface area contributed by atoms with Gasteiger partial charge in [-0.25, -0.2) is 0 Å². The fourth-order valence-electron chi connectivity index (χ4n) is 2.23. The van der Waals surface area contributed by atoms with E-state index in [-0.39, 0.29) is 0 Å². The van der Waals surface area contributed by atoms with E-state index >= 15 is 0 Å². The second-order valence-electron chi connectivity index (χ2n) is 8.38. The van der Waals surface area contributed by atoms with Gasteiger partial charge in [-0.3, -0.25) is 47.8 Å². The minimum atomic E-state index is -4.55. The molecule has 1 fully saturated rings. The Kier molecular flexibility index (Phi) is 25.1. The van der Waals surface area contributed by atoms with Crippen LogP contribution >= 0.6 is 60.8 Å². The van der Waals surface area contributed by atoms with E-state index in [1.165, 1.54) is 32.1 Å². The summed E-state index contributed by atoms with van der Waals surface area (Å²) >= 11 is 0. The maximum Gasteiger partial charge on any atom is 0.337 e. The van der Waals surface area contributed by atoms with Crippen molar-refractivity contribution in [1.82, 2.24) is 5.43 Å². The quantitative estimate of drug-likeness (QED) is 0.0678. The van der Waals surface area contributed by atoms with Crippen molar-refractivity contribution in [2.45, 2.75) is 38.1 Å². The van der Waals surface area contributed by atoms with Gasteiger partial charge >= 0.3 is 60.8 Å². The molecule has 1 saturated carbocycles. The molecular weight excluding hydrogens is 780 g/mol. The molecule has 0 aromatic rings. The standard InChI is InChI=1S/C6H14N2.4CH6O6P2/c7-8-6-4-2-1-3-5-6;4*2-8(3,4)1-9(5,6)7/h6,8H,1-5,7H2;4*1H2,(H2,2,3,4)(H2,5,6,7). The van der Waals surface area contributed by atoms with Crippen LogP contribution in [0.2, 0.25) is 0 Å². The molecule has 0 aromatic heterocycles. The first kappa shape index (κ1) is 51.9. The molecule has 26 nitrogen and oxygen atoms in total. The monoisotopic (exact) mass is 818 g/mol. The molecule has 0 atom stereocenters. The molecule has 0 unspecified atom stereocenters. The van der Waals surface area contributed by atoms with Gasteiger partial charge in [0.2, 0.25) is 0 Å². The molecule has 0 bridgehead atoms. The van der Waals surface area contributed by atoms with E-state index in [4.69, 9.17) is 84.1 Å². The molecule has 44 heavy (non-hydrogen) atoms. The second-order valence-corrected chi connectivity index (χ2v) is 23.5. The lowest BCUT2D eigenvalue weighted by atomic mass is 9.96. The van der Waals surface area contributed by atoms with Gasteiger partial charge in [-0.05, 0) is 12.8 Å². The van der Waals surface area contributed by atoms with Crippen LogP contribution in [0.4, 0.5) is 0 Å². The third-order valence-electron chi connectivity index (χ3n) is 3.31. The number of nitrogens with one attached hydrogen (secondary N) is 1. The Morgan fingerprint density at radius 2 is 0.545 bits per heavy atom. The van der Waals surface area contributed by atoms with Crippen LogP contribution in [-0.4, -0.2) is 108 Å². The highest BCUT2D eigenvalue weighted by molar-refractivity contribution is 7.70. The van der Waals surface area contributed by atoms with Crippen LogP contribution in [0.5, 0.6) is 0 Å². The van der Waals surface area contributed by atoms with Gasteiger partial charge < -0.3 is 78.3 Å². The SMILES string of the molecule is NNC1CCCCC1.O=P(O)(O)CP(=O)(O)O.O=P(O)(O)CP(=O)(O)O.O=P(O)(O)CP(=O)(O)O.O=P(O)(O)CP(=O)(O)O. The van der Waals surface area contributed by atoms with Gasteiger partial charge in [-0.15, -0.1) is 0 Å². The van der Waals surface area contributed by atoms with Crippen molar-refractivity contribution in [3.63, 3.8) is 0 Å². The summed E-state index contributed by atoms with van der Waals surface area (Å²) in [6.45, 7) is 0. The Morgan fingerprint density at radius 1 is 0.386 bits per heavy atom. The van der Waals surface area contributed by atoms with Crippen LogP contribution in [-0.2, 0) is 36.5 Å². The Balaban J connectivity index is -0.000000227. The predicted octanol–water partition coefficient (Wildman–Crippen LogP) is -2.02.